The molecule has 0 spiro atoms. The van der Waals surface area contributed by atoms with Crippen molar-refractivity contribution in [2.24, 2.45) is 5.41 Å². The van der Waals surface area contributed by atoms with E-state index in [1.807, 2.05) is 6.08 Å². The van der Waals surface area contributed by atoms with Crippen molar-refractivity contribution in [1.82, 2.24) is 5.32 Å². The predicted molar refractivity (Wildman–Crippen MR) is 58.0 cm³/mol. The van der Waals surface area contributed by atoms with E-state index < -0.39 is 0 Å². The van der Waals surface area contributed by atoms with Crippen molar-refractivity contribution >= 4 is 11.6 Å². The van der Waals surface area contributed by atoms with Crippen LogP contribution in [0.2, 0.25) is 0 Å². The molecule has 0 aromatic heterocycles. The molecule has 2 N–H and O–H groups in total. The van der Waals surface area contributed by atoms with Gasteiger partial charge in [0.1, 0.15) is 0 Å². The van der Waals surface area contributed by atoms with Gasteiger partial charge in [-0.25, -0.2) is 0 Å². The van der Waals surface area contributed by atoms with Crippen molar-refractivity contribution in [2.45, 2.75) is 26.7 Å². The van der Waals surface area contributed by atoms with Crippen LogP contribution in [-0.2, 0) is 0 Å². The molecule has 0 aliphatic heterocycles. The molecule has 0 aliphatic rings. The normalized spacial score (nSPS) is 12.6. The lowest BCUT2D eigenvalue weighted by Crippen LogP contribution is -2.36. The van der Waals surface area contributed by atoms with Crippen LogP contribution in [0.25, 0.3) is 0 Å². The van der Waals surface area contributed by atoms with Crippen LogP contribution in [0.4, 0.5) is 0 Å². The highest BCUT2D eigenvalue weighted by Gasteiger charge is 2.23. The van der Waals surface area contributed by atoms with E-state index in [4.69, 9.17) is 11.6 Å². The van der Waals surface area contributed by atoms with E-state index >= 15 is 0 Å². The number of hydrogen-bond donors (Lipinski definition) is 2. The highest BCUT2D eigenvalue weighted by molar-refractivity contribution is 6.25. The first-order valence-electron chi connectivity index (χ1n) is 4.81. The van der Waals surface area contributed by atoms with Gasteiger partial charge in [-0.3, -0.25) is 0 Å². The summed E-state index contributed by atoms with van der Waals surface area (Å²) in [5.74, 6) is 0. The summed E-state index contributed by atoms with van der Waals surface area (Å²) in [7, 11) is 0. The van der Waals surface area contributed by atoms with Crippen LogP contribution < -0.4 is 5.32 Å². The van der Waals surface area contributed by atoms with Gasteiger partial charge >= 0.3 is 0 Å². The van der Waals surface area contributed by atoms with Crippen molar-refractivity contribution in [3.8, 4) is 0 Å². The number of halogens is 1. The molecule has 0 saturated heterocycles. The molecule has 0 atom stereocenters. The molecule has 0 radical (unpaired) electrons. The van der Waals surface area contributed by atoms with Gasteiger partial charge < -0.3 is 10.4 Å². The monoisotopic (exact) mass is 205 g/mol. The van der Waals surface area contributed by atoms with E-state index in [0.29, 0.717) is 0 Å². The maximum atomic E-state index is 9.25. The Morgan fingerprint density at radius 1 is 1.38 bits per heavy atom. The molecular formula is C10H20ClNO. The maximum Gasteiger partial charge on any atom is 0.0499 e. The van der Waals surface area contributed by atoms with Crippen LogP contribution in [0, 0.1) is 5.41 Å². The fourth-order valence-corrected chi connectivity index (χ4v) is 1.33. The number of aliphatic hydroxyl groups excluding tert-OH is 1. The molecule has 0 fully saturated rings. The molecule has 3 heteroatoms. The number of aliphatic hydroxyl groups is 1. The molecule has 0 aliphatic carbocycles. The van der Waals surface area contributed by atoms with Gasteiger partial charge in [0.2, 0.25) is 0 Å². The molecule has 13 heavy (non-hydrogen) atoms. The van der Waals surface area contributed by atoms with E-state index in [2.05, 4.69) is 19.2 Å². The average molecular weight is 206 g/mol. The fraction of sp³-hybridized carbons (Fsp3) is 0.800. The first kappa shape index (κ1) is 12.9. The molecule has 0 amide bonds. The van der Waals surface area contributed by atoms with Crippen LogP contribution in [0.1, 0.15) is 26.7 Å². The van der Waals surface area contributed by atoms with Crippen molar-refractivity contribution in [3.63, 3.8) is 0 Å². The van der Waals surface area contributed by atoms with Gasteiger partial charge in [-0.05, 0) is 12.8 Å². The van der Waals surface area contributed by atoms with Gasteiger partial charge in [0, 0.05) is 30.6 Å². The smallest absolute Gasteiger partial charge is 0.0499 e. The summed E-state index contributed by atoms with van der Waals surface area (Å²) in [6.45, 7) is 6.08. The zero-order valence-corrected chi connectivity index (χ0v) is 9.27. The first-order chi connectivity index (χ1) is 6.24. The fourth-order valence-electron chi connectivity index (χ4n) is 1.24. The summed E-state index contributed by atoms with van der Waals surface area (Å²) in [6, 6.07) is 0. The molecule has 0 heterocycles. The largest absolute Gasteiger partial charge is 0.396 e. The highest BCUT2D eigenvalue weighted by Crippen LogP contribution is 2.24. The molecule has 78 valence electrons. The minimum absolute atomic E-state index is 0.0418. The number of rotatable bonds is 7. The molecule has 0 bridgehead atoms. The minimum Gasteiger partial charge on any atom is -0.396 e. The molecule has 0 aromatic rings. The molecule has 0 aromatic carbocycles. The molecular weight excluding hydrogens is 186 g/mol. The van der Waals surface area contributed by atoms with E-state index in [1.54, 1.807) is 0 Å². The van der Waals surface area contributed by atoms with Gasteiger partial charge in [-0.2, -0.15) is 0 Å². The van der Waals surface area contributed by atoms with Crippen molar-refractivity contribution in [2.75, 3.05) is 19.7 Å². The topological polar surface area (TPSA) is 32.3 Å². The third-order valence-electron chi connectivity index (χ3n) is 2.69. The van der Waals surface area contributed by atoms with Crippen LogP contribution >= 0.6 is 11.6 Å². The Balaban J connectivity index is 3.81. The van der Waals surface area contributed by atoms with Crippen LogP contribution in [-0.4, -0.2) is 24.8 Å². The summed E-state index contributed by atoms with van der Waals surface area (Å²) < 4.78 is 0. The van der Waals surface area contributed by atoms with E-state index in [1.165, 1.54) is 5.54 Å². The Morgan fingerprint density at radius 3 is 2.38 bits per heavy atom. The standard InChI is InChI=1S/C10H20ClNO/c1-3-10(4-2,9-13)8-12-7-5-6-11/h5-6,12-13H,3-4,7-9H2,1-2H3/b6-5+. The van der Waals surface area contributed by atoms with E-state index in [0.717, 1.165) is 25.9 Å². The molecule has 0 rings (SSSR count). The summed E-state index contributed by atoms with van der Waals surface area (Å²) in [5, 5.41) is 12.5. The van der Waals surface area contributed by atoms with Crippen LogP contribution in [0.5, 0.6) is 0 Å². The minimum atomic E-state index is 0.0418. The average Bonchev–Trinajstić information content (AvgIpc) is 2.20. The second-order valence-corrected chi connectivity index (χ2v) is 3.61. The van der Waals surface area contributed by atoms with Gasteiger partial charge in [0.05, 0.1) is 0 Å². The molecule has 0 unspecified atom stereocenters. The van der Waals surface area contributed by atoms with Crippen molar-refractivity contribution < 1.29 is 5.11 Å². The number of nitrogens with one attached hydrogen (secondary N) is 1. The Labute approximate surface area is 86.0 Å². The van der Waals surface area contributed by atoms with Gasteiger partial charge in [-0.15, -0.1) is 0 Å². The molecule has 2 nitrogen and oxygen atoms in total. The Bertz CT molecular complexity index is 136. The lowest BCUT2D eigenvalue weighted by molar-refractivity contribution is 0.114. The predicted octanol–water partition coefficient (Wildman–Crippen LogP) is 2.13. The lowest BCUT2D eigenvalue weighted by atomic mass is 9.83. The highest BCUT2D eigenvalue weighted by atomic mass is 35.5. The van der Waals surface area contributed by atoms with E-state index in [9.17, 15) is 5.11 Å². The van der Waals surface area contributed by atoms with Crippen LogP contribution in [0.15, 0.2) is 11.6 Å². The van der Waals surface area contributed by atoms with Gasteiger partial charge in [0.15, 0.2) is 0 Å². The summed E-state index contributed by atoms with van der Waals surface area (Å²) >= 11 is 5.38. The van der Waals surface area contributed by atoms with E-state index in [-0.39, 0.29) is 12.0 Å². The first-order valence-corrected chi connectivity index (χ1v) is 5.25. The summed E-state index contributed by atoms with van der Waals surface area (Å²) in [4.78, 5) is 0. The zero-order valence-electron chi connectivity index (χ0n) is 8.52. The van der Waals surface area contributed by atoms with Crippen molar-refractivity contribution in [1.29, 1.82) is 0 Å². The second-order valence-electron chi connectivity index (χ2n) is 3.36. The Hall–Kier alpha value is -0.0500. The van der Waals surface area contributed by atoms with Gasteiger partial charge in [-0.1, -0.05) is 31.5 Å². The third-order valence-corrected chi connectivity index (χ3v) is 2.86. The van der Waals surface area contributed by atoms with Crippen LogP contribution in [0.3, 0.4) is 0 Å². The SMILES string of the molecule is CCC(CC)(CO)CNC/C=C/Cl. The van der Waals surface area contributed by atoms with Gasteiger partial charge in [0.25, 0.3) is 0 Å². The Morgan fingerprint density at radius 2 is 2.00 bits per heavy atom. The Kier molecular flexibility index (Phi) is 7.33. The lowest BCUT2D eigenvalue weighted by Gasteiger charge is -2.29. The third kappa shape index (κ3) is 4.65. The zero-order chi connectivity index (χ0) is 10.2. The summed E-state index contributed by atoms with van der Waals surface area (Å²) in [5.41, 5.74) is 1.55. The maximum absolute atomic E-state index is 9.25. The quantitative estimate of drug-likeness (QED) is 0.625. The molecule has 0 saturated carbocycles. The van der Waals surface area contributed by atoms with Crippen molar-refractivity contribution in [3.05, 3.63) is 11.6 Å². The second kappa shape index (κ2) is 7.36. The summed E-state index contributed by atoms with van der Waals surface area (Å²) in [6.07, 6.45) is 3.85. The number of hydrogen-bond acceptors (Lipinski definition) is 2.